The molecular formula is C19H17BrFNO3. The molecule has 0 amide bonds. The second-order valence-corrected chi connectivity index (χ2v) is 8.17. The molecule has 1 aromatic rings. The number of rotatable bonds is 1. The predicted octanol–water partition coefficient (Wildman–Crippen LogP) is 3.38. The Balaban J connectivity index is 1.95. The third-order valence-electron chi connectivity index (χ3n) is 5.08. The van der Waals surface area contributed by atoms with E-state index in [4.69, 9.17) is 4.74 Å². The van der Waals surface area contributed by atoms with Crippen molar-refractivity contribution in [1.29, 1.82) is 0 Å². The first-order valence-electron chi connectivity index (χ1n) is 8.13. The summed E-state index contributed by atoms with van der Waals surface area (Å²) in [5.74, 6) is -0.960. The molecule has 0 saturated carbocycles. The van der Waals surface area contributed by atoms with E-state index in [0.717, 1.165) is 11.3 Å². The first-order valence-corrected chi connectivity index (χ1v) is 8.92. The largest absolute Gasteiger partial charge is 0.367 e. The van der Waals surface area contributed by atoms with Crippen LogP contribution in [0.25, 0.3) is 0 Å². The minimum Gasteiger partial charge on any atom is -0.367 e. The molecule has 0 bridgehead atoms. The molecule has 0 spiro atoms. The summed E-state index contributed by atoms with van der Waals surface area (Å²) in [4.78, 5) is 25.4. The topological polar surface area (TPSA) is 55.4 Å². The number of carbonyl (C=O) groups is 2. The number of Topliss-reactive ketones (excluding diaryl/α,β-unsaturated/α-hetero) is 2. The van der Waals surface area contributed by atoms with Crippen LogP contribution in [0.1, 0.15) is 31.7 Å². The minimum atomic E-state index is -0.478. The molecule has 130 valence electrons. The van der Waals surface area contributed by atoms with Crippen LogP contribution in [0.5, 0.6) is 0 Å². The average Bonchev–Trinajstić information content (AvgIpc) is 2.78. The molecular weight excluding hydrogens is 389 g/mol. The molecule has 1 aliphatic carbocycles. The van der Waals surface area contributed by atoms with Crippen LogP contribution in [0, 0.1) is 11.2 Å². The maximum atomic E-state index is 13.7. The molecule has 3 aliphatic rings. The van der Waals surface area contributed by atoms with Gasteiger partial charge in [-0.25, -0.2) is 4.39 Å². The van der Waals surface area contributed by atoms with Crippen molar-refractivity contribution in [2.24, 2.45) is 5.41 Å². The molecule has 25 heavy (non-hydrogen) atoms. The van der Waals surface area contributed by atoms with Gasteiger partial charge in [-0.2, -0.15) is 0 Å². The molecule has 4 rings (SSSR count). The van der Waals surface area contributed by atoms with Gasteiger partial charge in [0.15, 0.2) is 11.6 Å². The number of dihydropyridines is 1. The van der Waals surface area contributed by atoms with Gasteiger partial charge in [0.05, 0.1) is 11.1 Å². The second-order valence-electron chi connectivity index (χ2n) is 7.31. The SMILES string of the molecule is CC1(C)CC(=O)C2=C1NC1=C(C(=O)COC1)C2c1ccc(F)c(Br)c1. The van der Waals surface area contributed by atoms with Gasteiger partial charge >= 0.3 is 0 Å². The quantitative estimate of drug-likeness (QED) is 0.777. The van der Waals surface area contributed by atoms with Crippen LogP contribution >= 0.6 is 15.9 Å². The minimum absolute atomic E-state index is 0.000422. The van der Waals surface area contributed by atoms with E-state index in [9.17, 15) is 14.0 Å². The number of hydrogen-bond acceptors (Lipinski definition) is 4. The average molecular weight is 406 g/mol. The zero-order chi connectivity index (χ0) is 17.9. The maximum Gasteiger partial charge on any atom is 0.187 e. The molecule has 1 N–H and O–H groups in total. The van der Waals surface area contributed by atoms with Crippen molar-refractivity contribution < 1.29 is 18.7 Å². The van der Waals surface area contributed by atoms with E-state index < -0.39 is 5.92 Å². The number of carbonyl (C=O) groups excluding carboxylic acids is 2. The van der Waals surface area contributed by atoms with E-state index >= 15 is 0 Å². The highest BCUT2D eigenvalue weighted by Crippen LogP contribution is 2.50. The van der Waals surface area contributed by atoms with Gasteiger partial charge in [0.25, 0.3) is 0 Å². The molecule has 2 heterocycles. The van der Waals surface area contributed by atoms with Crippen LogP contribution < -0.4 is 5.32 Å². The summed E-state index contributed by atoms with van der Waals surface area (Å²) in [7, 11) is 0. The third kappa shape index (κ3) is 2.50. The number of hydrogen-bond donors (Lipinski definition) is 1. The summed E-state index contributed by atoms with van der Waals surface area (Å²) in [6.07, 6.45) is 0.388. The summed E-state index contributed by atoms with van der Waals surface area (Å²) < 4.78 is 19.4. The molecule has 1 aromatic carbocycles. The lowest BCUT2D eigenvalue weighted by Crippen LogP contribution is -2.38. The van der Waals surface area contributed by atoms with Crippen LogP contribution in [-0.4, -0.2) is 24.8 Å². The zero-order valence-electron chi connectivity index (χ0n) is 13.9. The summed E-state index contributed by atoms with van der Waals surface area (Å²) in [5, 5.41) is 3.30. The number of ketones is 2. The van der Waals surface area contributed by atoms with Crippen molar-refractivity contribution in [3.8, 4) is 0 Å². The molecule has 0 saturated heterocycles. The van der Waals surface area contributed by atoms with Crippen molar-refractivity contribution in [2.45, 2.75) is 26.2 Å². The second kappa shape index (κ2) is 5.61. The predicted molar refractivity (Wildman–Crippen MR) is 93.3 cm³/mol. The van der Waals surface area contributed by atoms with Gasteiger partial charge < -0.3 is 10.1 Å². The molecule has 0 fully saturated rings. The maximum absolute atomic E-state index is 13.7. The third-order valence-corrected chi connectivity index (χ3v) is 5.69. The molecule has 0 radical (unpaired) electrons. The summed E-state index contributed by atoms with van der Waals surface area (Å²) in [6.45, 7) is 4.32. The Morgan fingerprint density at radius 1 is 1.20 bits per heavy atom. The van der Waals surface area contributed by atoms with Gasteiger partial charge in [0, 0.05) is 40.3 Å². The summed E-state index contributed by atoms with van der Waals surface area (Å²) >= 11 is 3.21. The van der Waals surface area contributed by atoms with Crippen molar-refractivity contribution in [3.05, 3.63) is 56.6 Å². The van der Waals surface area contributed by atoms with Crippen molar-refractivity contribution in [1.82, 2.24) is 5.32 Å². The van der Waals surface area contributed by atoms with Gasteiger partial charge in [-0.15, -0.1) is 0 Å². The van der Waals surface area contributed by atoms with Crippen LogP contribution in [0.3, 0.4) is 0 Å². The summed E-state index contributed by atoms with van der Waals surface area (Å²) in [6, 6.07) is 4.66. The molecule has 1 unspecified atom stereocenters. The Bertz CT molecular complexity index is 885. The number of halogens is 2. The summed E-state index contributed by atoms with van der Waals surface area (Å²) in [5.41, 5.74) is 3.15. The standard InChI is InChI=1S/C19H17BrFNO3/c1-19(2)6-13(23)17-15(9-3-4-11(21)10(20)5-9)16-12(22-18(17)19)7-25-8-14(16)24/h3-5,15,22H,6-8H2,1-2H3. The van der Waals surface area contributed by atoms with E-state index in [1.54, 1.807) is 12.1 Å². The Kier molecular flexibility index (Phi) is 3.74. The van der Waals surface area contributed by atoms with E-state index in [1.807, 2.05) is 13.8 Å². The Morgan fingerprint density at radius 3 is 2.68 bits per heavy atom. The lowest BCUT2D eigenvalue weighted by atomic mass is 9.77. The molecule has 0 aromatic heterocycles. The fraction of sp³-hybridized carbons (Fsp3) is 0.368. The van der Waals surface area contributed by atoms with E-state index in [0.29, 0.717) is 34.3 Å². The van der Waals surface area contributed by atoms with Gasteiger partial charge in [-0.3, -0.25) is 9.59 Å². The van der Waals surface area contributed by atoms with Crippen LogP contribution in [0.4, 0.5) is 4.39 Å². The fourth-order valence-corrected chi connectivity index (χ4v) is 4.36. The van der Waals surface area contributed by atoms with Crippen molar-refractivity contribution in [2.75, 3.05) is 13.2 Å². The Labute approximate surface area is 153 Å². The fourth-order valence-electron chi connectivity index (χ4n) is 3.96. The van der Waals surface area contributed by atoms with Crippen molar-refractivity contribution >= 4 is 27.5 Å². The number of nitrogens with one attached hydrogen (secondary N) is 1. The monoisotopic (exact) mass is 405 g/mol. The van der Waals surface area contributed by atoms with Gasteiger partial charge in [0.2, 0.25) is 0 Å². The Hall–Kier alpha value is -1.79. The highest BCUT2D eigenvalue weighted by Gasteiger charge is 2.48. The van der Waals surface area contributed by atoms with E-state index in [1.165, 1.54) is 6.07 Å². The van der Waals surface area contributed by atoms with Crippen molar-refractivity contribution in [3.63, 3.8) is 0 Å². The smallest absolute Gasteiger partial charge is 0.187 e. The zero-order valence-corrected chi connectivity index (χ0v) is 15.5. The molecule has 2 aliphatic heterocycles. The normalized spacial score (nSPS) is 25.0. The Morgan fingerprint density at radius 2 is 1.96 bits per heavy atom. The highest BCUT2D eigenvalue weighted by atomic mass is 79.9. The van der Waals surface area contributed by atoms with Gasteiger partial charge in [0.1, 0.15) is 12.4 Å². The van der Waals surface area contributed by atoms with Gasteiger partial charge in [-0.1, -0.05) is 19.9 Å². The lowest BCUT2D eigenvalue weighted by Gasteiger charge is -2.35. The first kappa shape index (κ1) is 16.7. The number of allylic oxidation sites excluding steroid dienone is 2. The van der Waals surface area contributed by atoms with E-state index in [2.05, 4.69) is 21.2 Å². The number of benzene rings is 1. The van der Waals surface area contributed by atoms with E-state index in [-0.39, 0.29) is 29.4 Å². The lowest BCUT2D eigenvalue weighted by molar-refractivity contribution is -0.121. The van der Waals surface area contributed by atoms with Crippen LogP contribution in [0.2, 0.25) is 0 Å². The highest BCUT2D eigenvalue weighted by molar-refractivity contribution is 9.10. The van der Waals surface area contributed by atoms with Crippen LogP contribution in [-0.2, 0) is 14.3 Å². The van der Waals surface area contributed by atoms with Gasteiger partial charge in [-0.05, 0) is 33.6 Å². The first-order chi connectivity index (χ1) is 11.8. The molecule has 4 nitrogen and oxygen atoms in total. The molecule has 1 atom stereocenters. The molecule has 6 heteroatoms. The number of ether oxygens (including phenoxy) is 1. The van der Waals surface area contributed by atoms with Crippen LogP contribution in [0.15, 0.2) is 45.2 Å².